The largest absolute Gasteiger partial charge is 0.469 e. The van der Waals surface area contributed by atoms with E-state index in [9.17, 15) is 9.59 Å². The Morgan fingerprint density at radius 2 is 0.972 bits per heavy atom. The molecule has 0 fully saturated rings. The third-order valence-electron chi connectivity index (χ3n) is 5.30. The van der Waals surface area contributed by atoms with Crippen LogP contribution in [0.25, 0.3) is 0 Å². The monoisotopic (exact) mass is 582 g/mol. The Balaban J connectivity index is 0. The smallest absolute Gasteiger partial charge is 0.469 e. The molecule has 0 aromatic carbocycles. The second-order valence-electron chi connectivity index (χ2n) is 13.5. The predicted molar refractivity (Wildman–Crippen MR) is 160 cm³/mol. The fourth-order valence-electron chi connectivity index (χ4n) is 2.83. The third kappa shape index (κ3) is 17.2. The second-order valence-corrected chi connectivity index (χ2v) is 30.5. The summed E-state index contributed by atoms with van der Waals surface area (Å²) >= 11 is 0. The van der Waals surface area contributed by atoms with Gasteiger partial charge in [0.25, 0.3) is 0 Å². The van der Waals surface area contributed by atoms with Crippen molar-refractivity contribution >= 4 is 45.7 Å². The highest BCUT2D eigenvalue weighted by Gasteiger charge is 2.49. The lowest BCUT2D eigenvalue weighted by Crippen LogP contribution is -2.60. The third-order valence-corrected chi connectivity index (χ3v) is 17.4. The summed E-state index contributed by atoms with van der Waals surface area (Å²) in [5.74, 6) is -0.273. The quantitative estimate of drug-likeness (QED) is 0.120. The van der Waals surface area contributed by atoms with E-state index in [1.807, 2.05) is 41.5 Å². The van der Waals surface area contributed by atoms with E-state index in [0.717, 1.165) is 12.8 Å². The van der Waals surface area contributed by atoms with E-state index in [4.69, 9.17) is 17.1 Å². The Hall–Kier alpha value is -0.312. The van der Waals surface area contributed by atoms with E-state index in [1.54, 1.807) is 0 Å². The molecule has 0 bridgehead atoms. The van der Waals surface area contributed by atoms with Crippen LogP contribution in [0.4, 0.5) is 0 Å². The molecule has 0 aliphatic carbocycles. The Morgan fingerprint density at radius 1 is 0.639 bits per heavy atom. The SMILES string of the molecule is CCC(C)(C)C(=O)OC.CCC(C)(C)C(=O)OCCC[Si](O[Si](C)(C)C)(O[Si](C)(C)C)O[Si](C)(C)C. The molecule has 0 unspecified atom stereocenters. The van der Waals surface area contributed by atoms with E-state index in [-0.39, 0.29) is 17.4 Å². The Bertz CT molecular complexity index is 635. The van der Waals surface area contributed by atoms with E-state index < -0.39 is 39.2 Å². The topological polar surface area (TPSA) is 80.3 Å². The van der Waals surface area contributed by atoms with Crippen molar-refractivity contribution in [2.24, 2.45) is 10.8 Å². The first-order chi connectivity index (χ1) is 15.9. The maximum Gasteiger partial charge on any atom is 0.469 e. The van der Waals surface area contributed by atoms with Gasteiger partial charge in [-0.05, 0) is 106 Å². The second kappa shape index (κ2) is 14.7. The Morgan fingerprint density at radius 3 is 1.22 bits per heavy atom. The number of hydrogen-bond donors (Lipinski definition) is 0. The van der Waals surface area contributed by atoms with Gasteiger partial charge in [0.05, 0.1) is 24.5 Å². The van der Waals surface area contributed by atoms with Gasteiger partial charge in [0.15, 0.2) is 25.0 Å². The lowest BCUT2D eigenvalue weighted by molar-refractivity contribution is -0.154. The standard InChI is InChI=1S/C18H44O5Si4.C7H14O2/c1-13-18(2,3)17(19)20-15-14-16-27(21-24(4,5)6,22-25(7,8)9)23-26(10,11)12;1-5-7(2,3)6(8)9-4/h13-16H2,1-12H3;5H2,1-4H3. The van der Waals surface area contributed by atoms with Gasteiger partial charge in [-0.1, -0.05) is 13.8 Å². The minimum Gasteiger partial charge on any atom is -0.469 e. The predicted octanol–water partition coefficient (Wildman–Crippen LogP) is 7.44. The molecule has 0 saturated heterocycles. The molecule has 0 aliphatic rings. The first-order valence-electron chi connectivity index (χ1n) is 13.2. The molecular weight excluding hydrogens is 525 g/mol. The van der Waals surface area contributed by atoms with Crippen molar-refractivity contribution < 1.29 is 31.4 Å². The summed E-state index contributed by atoms with van der Waals surface area (Å²) in [5.41, 5.74) is -0.748. The molecule has 216 valence electrons. The average Bonchev–Trinajstić information content (AvgIpc) is 2.66. The van der Waals surface area contributed by atoms with Crippen LogP contribution in [0.2, 0.25) is 65.0 Å². The minimum absolute atomic E-state index is 0.134. The average molecular weight is 583 g/mol. The fourth-order valence-corrected chi connectivity index (χ4v) is 17.5. The zero-order chi connectivity index (χ0) is 29.2. The molecule has 0 saturated carbocycles. The number of hydrogen-bond acceptors (Lipinski definition) is 7. The number of carbonyl (C=O) groups is 2. The minimum atomic E-state index is -2.83. The van der Waals surface area contributed by atoms with Crippen LogP contribution in [-0.4, -0.2) is 59.4 Å². The lowest BCUT2D eigenvalue weighted by Gasteiger charge is -2.42. The van der Waals surface area contributed by atoms with Gasteiger partial charge in [0.2, 0.25) is 0 Å². The van der Waals surface area contributed by atoms with Gasteiger partial charge >= 0.3 is 20.7 Å². The van der Waals surface area contributed by atoms with Gasteiger partial charge in [-0.3, -0.25) is 9.59 Å². The summed E-state index contributed by atoms with van der Waals surface area (Å²) in [6.45, 7) is 31.6. The molecule has 0 spiro atoms. The Kier molecular flexibility index (Phi) is 15.5. The summed E-state index contributed by atoms with van der Waals surface area (Å²) in [5, 5.41) is 0. The van der Waals surface area contributed by atoms with E-state index in [0.29, 0.717) is 19.1 Å². The molecular formula is C25H58O7Si4. The molecule has 0 radical (unpaired) electrons. The van der Waals surface area contributed by atoms with Gasteiger partial charge in [-0.2, -0.15) is 0 Å². The van der Waals surface area contributed by atoms with E-state index in [1.165, 1.54) is 7.11 Å². The molecule has 7 nitrogen and oxygen atoms in total. The van der Waals surface area contributed by atoms with Crippen LogP contribution in [0.3, 0.4) is 0 Å². The zero-order valence-corrected chi connectivity index (χ0v) is 30.4. The van der Waals surface area contributed by atoms with Crippen LogP contribution in [0.5, 0.6) is 0 Å². The van der Waals surface area contributed by atoms with Gasteiger partial charge in [-0.15, -0.1) is 0 Å². The molecule has 0 heterocycles. The zero-order valence-electron chi connectivity index (χ0n) is 26.4. The van der Waals surface area contributed by atoms with Gasteiger partial charge < -0.3 is 21.8 Å². The number of carbonyl (C=O) groups excluding carboxylic acids is 2. The molecule has 11 heteroatoms. The van der Waals surface area contributed by atoms with E-state index in [2.05, 4.69) is 63.7 Å². The van der Waals surface area contributed by atoms with Crippen LogP contribution < -0.4 is 0 Å². The molecule has 0 aromatic heterocycles. The highest BCUT2D eigenvalue weighted by molar-refractivity contribution is 6.90. The first kappa shape index (κ1) is 37.8. The van der Waals surface area contributed by atoms with Gasteiger partial charge in [0, 0.05) is 6.04 Å². The summed E-state index contributed by atoms with van der Waals surface area (Å²) in [6.07, 6.45) is 2.29. The highest BCUT2D eigenvalue weighted by atomic mass is 28.5. The summed E-state index contributed by atoms with van der Waals surface area (Å²) < 4.78 is 30.0. The van der Waals surface area contributed by atoms with Crippen LogP contribution in [0.1, 0.15) is 60.8 Å². The molecule has 36 heavy (non-hydrogen) atoms. The normalized spacial score (nSPS) is 13.6. The molecule has 0 rings (SSSR count). The van der Waals surface area contributed by atoms with Gasteiger partial charge in [-0.25, -0.2) is 0 Å². The van der Waals surface area contributed by atoms with Crippen molar-refractivity contribution in [1.82, 2.24) is 0 Å². The Labute approximate surface area is 227 Å². The molecule has 0 atom stereocenters. The molecule has 0 aliphatic heterocycles. The highest BCUT2D eigenvalue weighted by Crippen LogP contribution is 2.30. The number of methoxy groups -OCH3 is 1. The summed E-state index contributed by atoms with van der Waals surface area (Å²) in [4.78, 5) is 23.1. The summed E-state index contributed by atoms with van der Waals surface area (Å²) in [6, 6.07) is 0.700. The molecule has 0 N–H and O–H groups in total. The van der Waals surface area contributed by atoms with Crippen molar-refractivity contribution in [3.05, 3.63) is 0 Å². The van der Waals surface area contributed by atoms with Crippen LogP contribution >= 0.6 is 0 Å². The number of rotatable bonds is 14. The number of esters is 2. The van der Waals surface area contributed by atoms with Gasteiger partial charge in [0.1, 0.15) is 0 Å². The van der Waals surface area contributed by atoms with E-state index >= 15 is 0 Å². The van der Waals surface area contributed by atoms with Crippen LogP contribution in [-0.2, 0) is 31.4 Å². The maximum absolute atomic E-state index is 12.2. The summed E-state index contributed by atoms with van der Waals surface area (Å²) in [7, 11) is -7.00. The van der Waals surface area contributed by atoms with Crippen molar-refractivity contribution in [2.45, 2.75) is 126 Å². The van der Waals surface area contributed by atoms with Crippen molar-refractivity contribution in [3.63, 3.8) is 0 Å². The van der Waals surface area contributed by atoms with Crippen molar-refractivity contribution in [3.8, 4) is 0 Å². The van der Waals surface area contributed by atoms with Crippen LogP contribution in [0.15, 0.2) is 0 Å². The molecule has 0 aromatic rings. The molecule has 0 amide bonds. The number of ether oxygens (including phenoxy) is 2. The fraction of sp³-hybridized carbons (Fsp3) is 0.920. The van der Waals surface area contributed by atoms with Crippen molar-refractivity contribution in [2.75, 3.05) is 13.7 Å². The first-order valence-corrected chi connectivity index (χ1v) is 25.4. The van der Waals surface area contributed by atoms with Crippen molar-refractivity contribution in [1.29, 1.82) is 0 Å². The maximum atomic E-state index is 12.2. The van der Waals surface area contributed by atoms with Crippen LogP contribution in [0, 0.1) is 10.8 Å². The lowest BCUT2D eigenvalue weighted by atomic mass is 9.91.